The molecule has 0 spiro atoms. The summed E-state index contributed by atoms with van der Waals surface area (Å²) in [6, 6.07) is 13.2. The summed E-state index contributed by atoms with van der Waals surface area (Å²) >= 11 is 0. The van der Waals surface area contributed by atoms with Gasteiger partial charge in [0.15, 0.2) is 5.82 Å². The molecule has 0 bridgehead atoms. The van der Waals surface area contributed by atoms with E-state index in [1.165, 1.54) is 24.8 Å². The van der Waals surface area contributed by atoms with Crippen LogP contribution in [0.2, 0.25) is 0 Å². The van der Waals surface area contributed by atoms with E-state index in [0.717, 1.165) is 25.1 Å². The molecule has 1 aromatic carbocycles. The van der Waals surface area contributed by atoms with Gasteiger partial charge < -0.3 is 10.6 Å². The molecule has 3 heterocycles. The lowest BCUT2D eigenvalue weighted by Crippen LogP contribution is -2.54. The van der Waals surface area contributed by atoms with E-state index < -0.39 is 0 Å². The predicted molar refractivity (Wildman–Crippen MR) is 116 cm³/mol. The summed E-state index contributed by atoms with van der Waals surface area (Å²) in [5.41, 5.74) is 2.35. The van der Waals surface area contributed by atoms with Gasteiger partial charge in [-0.1, -0.05) is 43.2 Å². The molecule has 0 saturated carbocycles. The Hall–Kier alpha value is -2.18. The Labute approximate surface area is 173 Å². The van der Waals surface area contributed by atoms with Gasteiger partial charge in [0.05, 0.1) is 6.54 Å². The van der Waals surface area contributed by atoms with E-state index >= 15 is 0 Å². The molecule has 156 valence electrons. The maximum absolute atomic E-state index is 13.0. The largest absolute Gasteiger partial charge is 0.310 e. The Bertz CT molecular complexity index is 829. The summed E-state index contributed by atoms with van der Waals surface area (Å²) in [7, 11) is 1.89. The smallest absolute Gasteiger partial charge is 0.239 e. The van der Waals surface area contributed by atoms with E-state index in [1.807, 2.05) is 20.0 Å². The van der Waals surface area contributed by atoms with Crippen LogP contribution >= 0.6 is 0 Å². The van der Waals surface area contributed by atoms with Gasteiger partial charge in [0.1, 0.15) is 0 Å². The van der Waals surface area contributed by atoms with Gasteiger partial charge in [-0.2, -0.15) is 5.10 Å². The van der Waals surface area contributed by atoms with Crippen molar-refractivity contribution in [3.8, 4) is 0 Å². The average molecular weight is 396 g/mol. The summed E-state index contributed by atoms with van der Waals surface area (Å²) < 4.78 is 1.79. The third-order valence-corrected chi connectivity index (χ3v) is 6.73. The van der Waals surface area contributed by atoms with Gasteiger partial charge in [-0.15, -0.1) is 0 Å². The Balaban J connectivity index is 1.58. The first-order chi connectivity index (χ1) is 14.0. The maximum Gasteiger partial charge on any atom is 0.239 e. The normalized spacial score (nSPS) is 27.8. The second-order valence-electron chi connectivity index (χ2n) is 8.86. The summed E-state index contributed by atoms with van der Waals surface area (Å²) in [4.78, 5) is 15.4. The van der Waals surface area contributed by atoms with Gasteiger partial charge in [0.25, 0.3) is 0 Å². The van der Waals surface area contributed by atoms with E-state index in [0.29, 0.717) is 18.4 Å². The molecule has 2 saturated heterocycles. The molecular formula is C23H33N5O. The van der Waals surface area contributed by atoms with Crippen molar-refractivity contribution < 1.29 is 4.79 Å². The number of likely N-dealkylation sites (tertiary alicyclic amines) is 1. The Morgan fingerprint density at radius 1 is 1.28 bits per heavy atom. The lowest BCUT2D eigenvalue weighted by Gasteiger charge is -2.38. The van der Waals surface area contributed by atoms with Crippen LogP contribution in [0.15, 0.2) is 36.4 Å². The zero-order valence-electron chi connectivity index (χ0n) is 17.8. The van der Waals surface area contributed by atoms with E-state index in [4.69, 9.17) is 0 Å². The summed E-state index contributed by atoms with van der Waals surface area (Å²) in [6.07, 6.45) is 5.86. The van der Waals surface area contributed by atoms with Crippen LogP contribution in [0, 0.1) is 6.92 Å². The molecule has 6 nitrogen and oxygen atoms in total. The first-order valence-electron chi connectivity index (χ1n) is 10.8. The number of aryl methyl sites for hydroxylation is 2. The number of fused-ring (bicyclic) bond motifs is 1. The highest BCUT2D eigenvalue weighted by atomic mass is 16.2. The number of amides is 1. The number of hydrogen-bond donors (Lipinski definition) is 2. The van der Waals surface area contributed by atoms with Crippen molar-refractivity contribution >= 4 is 11.7 Å². The summed E-state index contributed by atoms with van der Waals surface area (Å²) in [5, 5.41) is 11.2. The second-order valence-corrected chi connectivity index (χ2v) is 8.86. The molecule has 4 rings (SSSR count). The first-order valence-corrected chi connectivity index (χ1v) is 10.8. The lowest BCUT2D eigenvalue weighted by atomic mass is 9.85. The zero-order valence-corrected chi connectivity index (χ0v) is 17.8. The van der Waals surface area contributed by atoms with E-state index in [9.17, 15) is 4.79 Å². The minimum Gasteiger partial charge on any atom is -0.310 e. The molecule has 2 fully saturated rings. The summed E-state index contributed by atoms with van der Waals surface area (Å²) in [5.74, 6) is 0.638. The van der Waals surface area contributed by atoms with Crippen molar-refractivity contribution in [3.63, 3.8) is 0 Å². The van der Waals surface area contributed by atoms with Crippen LogP contribution in [-0.2, 0) is 11.8 Å². The number of rotatable bonds is 4. The van der Waals surface area contributed by atoms with Gasteiger partial charge >= 0.3 is 0 Å². The Morgan fingerprint density at radius 3 is 2.79 bits per heavy atom. The van der Waals surface area contributed by atoms with Crippen LogP contribution in [0.4, 0.5) is 5.82 Å². The topological polar surface area (TPSA) is 62.2 Å². The Morgan fingerprint density at radius 2 is 2.07 bits per heavy atom. The van der Waals surface area contributed by atoms with E-state index in [2.05, 4.69) is 57.9 Å². The van der Waals surface area contributed by atoms with Crippen LogP contribution in [0.25, 0.3) is 0 Å². The summed E-state index contributed by atoms with van der Waals surface area (Å²) in [6.45, 7) is 5.78. The lowest BCUT2D eigenvalue weighted by molar-refractivity contribution is -0.118. The standard InChI is InChI=1S/C23H33N5O/c1-17-14-21(26-27(17)3)25-22(29)16-28-19(18-10-6-4-7-11-18)15-23(2)20(28)12-8-5-9-13-24-23/h4,6-7,10-11,14,19-20,24H,5,8-9,12-13,15-16H2,1-3H3,(H,25,26,29)/t19-,20-,23-/m0/s1. The highest BCUT2D eigenvalue weighted by Gasteiger charge is 2.49. The van der Waals surface area contributed by atoms with Gasteiger partial charge in [0, 0.05) is 36.4 Å². The van der Waals surface area contributed by atoms with Crippen molar-refractivity contribution in [3.05, 3.63) is 47.7 Å². The second kappa shape index (κ2) is 8.28. The zero-order chi connectivity index (χ0) is 20.4. The molecule has 1 aromatic heterocycles. The van der Waals surface area contributed by atoms with Crippen molar-refractivity contribution in [2.24, 2.45) is 7.05 Å². The van der Waals surface area contributed by atoms with Crippen molar-refractivity contribution in [2.75, 3.05) is 18.4 Å². The van der Waals surface area contributed by atoms with E-state index in [1.54, 1.807) is 4.68 Å². The number of anilines is 1. The molecule has 6 heteroatoms. The van der Waals surface area contributed by atoms with E-state index in [-0.39, 0.29) is 17.5 Å². The quantitative estimate of drug-likeness (QED) is 0.833. The molecule has 2 aliphatic heterocycles. The van der Waals surface area contributed by atoms with Gasteiger partial charge in [-0.3, -0.25) is 14.4 Å². The molecule has 3 atom stereocenters. The number of hydrogen-bond acceptors (Lipinski definition) is 4. The molecular weight excluding hydrogens is 362 g/mol. The Kier molecular flexibility index (Phi) is 5.74. The molecule has 2 aliphatic rings. The average Bonchev–Trinajstić information content (AvgIpc) is 3.13. The molecule has 2 N–H and O–H groups in total. The van der Waals surface area contributed by atoms with Crippen molar-refractivity contribution in [2.45, 2.75) is 63.6 Å². The van der Waals surface area contributed by atoms with Gasteiger partial charge in [0.2, 0.25) is 5.91 Å². The van der Waals surface area contributed by atoms with Crippen LogP contribution < -0.4 is 10.6 Å². The predicted octanol–water partition coefficient (Wildman–Crippen LogP) is 3.40. The number of carbonyl (C=O) groups excluding carboxylic acids is 1. The number of nitrogens with zero attached hydrogens (tertiary/aromatic N) is 3. The maximum atomic E-state index is 13.0. The minimum atomic E-state index is 0.00957. The van der Waals surface area contributed by atoms with Crippen LogP contribution in [0.5, 0.6) is 0 Å². The fraction of sp³-hybridized carbons (Fsp3) is 0.565. The van der Waals surface area contributed by atoms with Crippen LogP contribution in [-0.4, -0.2) is 45.3 Å². The third kappa shape index (κ3) is 4.23. The van der Waals surface area contributed by atoms with Gasteiger partial charge in [-0.05, 0) is 45.2 Å². The molecule has 0 radical (unpaired) electrons. The number of nitrogens with one attached hydrogen (secondary N) is 2. The first kappa shape index (κ1) is 20.1. The fourth-order valence-corrected chi connectivity index (χ4v) is 5.10. The monoisotopic (exact) mass is 395 g/mol. The number of carbonyl (C=O) groups is 1. The molecule has 1 amide bonds. The highest BCUT2D eigenvalue weighted by molar-refractivity contribution is 5.91. The van der Waals surface area contributed by atoms with Gasteiger partial charge in [-0.25, -0.2) is 0 Å². The fourth-order valence-electron chi connectivity index (χ4n) is 5.10. The third-order valence-electron chi connectivity index (χ3n) is 6.73. The number of benzene rings is 1. The van der Waals surface area contributed by atoms with Crippen LogP contribution in [0.3, 0.4) is 0 Å². The molecule has 29 heavy (non-hydrogen) atoms. The highest BCUT2D eigenvalue weighted by Crippen LogP contribution is 2.44. The molecule has 2 aromatic rings. The molecule has 0 aliphatic carbocycles. The van der Waals surface area contributed by atoms with Crippen molar-refractivity contribution in [1.82, 2.24) is 20.0 Å². The van der Waals surface area contributed by atoms with Crippen molar-refractivity contribution in [1.29, 1.82) is 0 Å². The SMILES string of the molecule is Cc1cc(NC(=O)CN2[C@H]3CCCCCN[C@@]3(C)C[C@H]2c2ccccc2)nn1C. The molecule has 0 unspecified atom stereocenters. The number of aromatic nitrogens is 2. The van der Waals surface area contributed by atoms with Crippen LogP contribution in [0.1, 0.15) is 56.3 Å². The minimum absolute atomic E-state index is 0.00957.